The Balaban J connectivity index is 1.48. The van der Waals surface area contributed by atoms with Crippen molar-refractivity contribution >= 4 is 11.8 Å². The molecule has 0 atom stereocenters. The van der Waals surface area contributed by atoms with Crippen LogP contribution in [-0.4, -0.2) is 40.1 Å². The number of hydrogen-bond donors (Lipinski definition) is 0. The molecule has 0 radical (unpaired) electrons. The predicted octanol–water partition coefficient (Wildman–Crippen LogP) is 2.41. The van der Waals surface area contributed by atoms with Crippen molar-refractivity contribution in [2.75, 3.05) is 22.9 Å². The molecule has 2 aromatic heterocycles. The number of rotatable bonds is 4. The molecule has 22 heavy (non-hydrogen) atoms. The molecule has 2 aliphatic rings. The molecule has 1 aliphatic heterocycles. The Morgan fingerprint density at radius 1 is 1.09 bits per heavy atom. The van der Waals surface area contributed by atoms with E-state index in [1.165, 1.54) is 12.8 Å². The summed E-state index contributed by atoms with van der Waals surface area (Å²) in [4.78, 5) is 17.8. The molecule has 0 unspecified atom stereocenters. The van der Waals surface area contributed by atoms with Crippen LogP contribution in [0.1, 0.15) is 31.4 Å². The van der Waals surface area contributed by atoms with Crippen LogP contribution in [0.5, 0.6) is 0 Å². The third kappa shape index (κ3) is 2.65. The van der Waals surface area contributed by atoms with Gasteiger partial charge in [-0.2, -0.15) is 0 Å². The maximum absolute atomic E-state index is 5.41. The van der Waals surface area contributed by atoms with E-state index in [1.54, 1.807) is 18.8 Å². The SMILES string of the molecule is Cc1cc(N(C2CC2)C2CCN(c3ncco3)CC2)ncn1. The lowest BCUT2D eigenvalue weighted by Crippen LogP contribution is -2.46. The molecule has 1 saturated carbocycles. The average molecular weight is 299 g/mol. The van der Waals surface area contributed by atoms with Gasteiger partial charge in [0.15, 0.2) is 0 Å². The van der Waals surface area contributed by atoms with Crippen molar-refractivity contribution in [3.63, 3.8) is 0 Å². The van der Waals surface area contributed by atoms with Crippen LogP contribution < -0.4 is 9.80 Å². The summed E-state index contributed by atoms with van der Waals surface area (Å²) in [7, 11) is 0. The number of aryl methyl sites for hydroxylation is 1. The number of nitrogens with zero attached hydrogens (tertiary/aromatic N) is 5. The van der Waals surface area contributed by atoms with E-state index in [0.29, 0.717) is 12.1 Å². The van der Waals surface area contributed by atoms with Crippen molar-refractivity contribution in [1.82, 2.24) is 15.0 Å². The van der Waals surface area contributed by atoms with Gasteiger partial charge >= 0.3 is 0 Å². The van der Waals surface area contributed by atoms with Crippen LogP contribution in [0.3, 0.4) is 0 Å². The number of aromatic nitrogens is 3. The monoisotopic (exact) mass is 299 g/mol. The van der Waals surface area contributed by atoms with Crippen molar-refractivity contribution in [2.45, 2.75) is 44.7 Å². The third-order valence-electron chi connectivity index (χ3n) is 4.54. The standard InChI is InChI=1S/C16H21N5O/c1-12-10-15(19-11-18-12)21(13-2-3-13)14-4-7-20(8-5-14)16-17-6-9-22-16/h6,9-11,13-14H,2-5,7-8H2,1H3. The molecule has 1 saturated heterocycles. The molecule has 2 aromatic rings. The topological polar surface area (TPSA) is 58.3 Å². The van der Waals surface area contributed by atoms with Crippen molar-refractivity contribution in [2.24, 2.45) is 0 Å². The lowest BCUT2D eigenvalue weighted by atomic mass is 10.0. The van der Waals surface area contributed by atoms with Gasteiger partial charge in [0.25, 0.3) is 6.01 Å². The molecule has 1 aliphatic carbocycles. The predicted molar refractivity (Wildman–Crippen MR) is 84.0 cm³/mol. The van der Waals surface area contributed by atoms with Crippen molar-refractivity contribution in [1.29, 1.82) is 0 Å². The van der Waals surface area contributed by atoms with Gasteiger partial charge in [-0.15, -0.1) is 0 Å². The lowest BCUT2D eigenvalue weighted by molar-refractivity contribution is 0.431. The van der Waals surface area contributed by atoms with E-state index in [-0.39, 0.29) is 0 Å². The molecule has 0 spiro atoms. The molecular formula is C16H21N5O. The zero-order valence-electron chi connectivity index (χ0n) is 12.9. The second kappa shape index (κ2) is 5.59. The summed E-state index contributed by atoms with van der Waals surface area (Å²) in [5.41, 5.74) is 1.04. The van der Waals surface area contributed by atoms with Gasteiger partial charge in [0.05, 0.1) is 6.20 Å². The molecule has 4 rings (SSSR count). The van der Waals surface area contributed by atoms with E-state index in [2.05, 4.69) is 30.8 Å². The lowest BCUT2D eigenvalue weighted by Gasteiger charge is -2.39. The van der Waals surface area contributed by atoms with Gasteiger partial charge in [0.2, 0.25) is 0 Å². The van der Waals surface area contributed by atoms with Gasteiger partial charge in [-0.05, 0) is 32.6 Å². The first kappa shape index (κ1) is 13.5. The first-order chi connectivity index (χ1) is 10.8. The Hall–Kier alpha value is -2.11. The van der Waals surface area contributed by atoms with Crippen LogP contribution in [0.25, 0.3) is 0 Å². The van der Waals surface area contributed by atoms with E-state index in [0.717, 1.165) is 43.5 Å². The second-order valence-electron chi connectivity index (χ2n) is 6.19. The van der Waals surface area contributed by atoms with Crippen LogP contribution in [0, 0.1) is 6.92 Å². The van der Waals surface area contributed by atoms with Crippen LogP contribution in [0.15, 0.2) is 29.3 Å². The van der Waals surface area contributed by atoms with Gasteiger partial charge in [0, 0.05) is 36.9 Å². The zero-order valence-corrected chi connectivity index (χ0v) is 12.9. The normalized spacial score (nSPS) is 19.4. The Morgan fingerprint density at radius 2 is 1.86 bits per heavy atom. The summed E-state index contributed by atoms with van der Waals surface area (Å²) < 4.78 is 5.41. The number of hydrogen-bond acceptors (Lipinski definition) is 6. The number of oxazole rings is 1. The van der Waals surface area contributed by atoms with Crippen LogP contribution in [0.2, 0.25) is 0 Å². The van der Waals surface area contributed by atoms with Gasteiger partial charge in [-0.1, -0.05) is 0 Å². The molecule has 6 nitrogen and oxygen atoms in total. The summed E-state index contributed by atoms with van der Waals surface area (Å²) in [5.74, 6) is 1.09. The minimum absolute atomic E-state index is 0.549. The number of anilines is 2. The zero-order chi connectivity index (χ0) is 14.9. The second-order valence-corrected chi connectivity index (χ2v) is 6.19. The van der Waals surface area contributed by atoms with E-state index in [4.69, 9.17) is 4.42 Å². The van der Waals surface area contributed by atoms with E-state index in [1.807, 2.05) is 6.92 Å². The molecule has 0 N–H and O–H groups in total. The minimum Gasteiger partial charge on any atom is -0.432 e. The van der Waals surface area contributed by atoms with Gasteiger partial charge < -0.3 is 14.2 Å². The molecule has 116 valence electrons. The highest BCUT2D eigenvalue weighted by molar-refractivity contribution is 5.44. The van der Waals surface area contributed by atoms with Gasteiger partial charge in [-0.25, -0.2) is 15.0 Å². The maximum Gasteiger partial charge on any atom is 0.297 e. The van der Waals surface area contributed by atoms with Crippen LogP contribution in [-0.2, 0) is 0 Å². The van der Waals surface area contributed by atoms with Crippen LogP contribution >= 0.6 is 0 Å². The fourth-order valence-electron chi connectivity index (χ4n) is 3.31. The fraction of sp³-hybridized carbons (Fsp3) is 0.562. The summed E-state index contributed by atoms with van der Waals surface area (Å²) in [5, 5.41) is 0. The van der Waals surface area contributed by atoms with E-state index < -0.39 is 0 Å². The summed E-state index contributed by atoms with van der Waals surface area (Å²) in [6.07, 6.45) is 9.82. The molecule has 0 aromatic carbocycles. The molecule has 2 fully saturated rings. The maximum atomic E-state index is 5.41. The third-order valence-corrected chi connectivity index (χ3v) is 4.54. The Labute approximate surface area is 130 Å². The van der Waals surface area contributed by atoms with Gasteiger partial charge in [0.1, 0.15) is 18.4 Å². The molecule has 0 bridgehead atoms. The average Bonchev–Trinajstić information content (AvgIpc) is 3.21. The smallest absolute Gasteiger partial charge is 0.297 e. The molecule has 6 heteroatoms. The van der Waals surface area contributed by atoms with Gasteiger partial charge in [-0.3, -0.25) is 0 Å². The quantitative estimate of drug-likeness (QED) is 0.864. The highest BCUT2D eigenvalue weighted by Crippen LogP contribution is 2.35. The van der Waals surface area contributed by atoms with Crippen molar-refractivity contribution in [3.8, 4) is 0 Å². The van der Waals surface area contributed by atoms with Crippen molar-refractivity contribution < 1.29 is 4.42 Å². The highest BCUT2D eigenvalue weighted by Gasteiger charge is 2.36. The Kier molecular flexibility index (Phi) is 3.44. The van der Waals surface area contributed by atoms with E-state index in [9.17, 15) is 0 Å². The summed E-state index contributed by atoms with van der Waals surface area (Å²) >= 11 is 0. The Bertz CT molecular complexity index is 617. The fourth-order valence-corrected chi connectivity index (χ4v) is 3.31. The largest absolute Gasteiger partial charge is 0.432 e. The highest BCUT2D eigenvalue weighted by atomic mass is 16.4. The summed E-state index contributed by atoms with van der Waals surface area (Å²) in [6, 6.07) is 4.06. The summed E-state index contributed by atoms with van der Waals surface area (Å²) in [6.45, 7) is 4.00. The molecule has 0 amide bonds. The number of piperidine rings is 1. The van der Waals surface area contributed by atoms with E-state index >= 15 is 0 Å². The first-order valence-electron chi connectivity index (χ1n) is 8.02. The first-order valence-corrected chi connectivity index (χ1v) is 8.02. The van der Waals surface area contributed by atoms with Crippen LogP contribution in [0.4, 0.5) is 11.8 Å². The molecule has 3 heterocycles. The Morgan fingerprint density at radius 3 is 2.50 bits per heavy atom. The molecular weight excluding hydrogens is 278 g/mol. The van der Waals surface area contributed by atoms with Crippen molar-refractivity contribution in [3.05, 3.63) is 30.5 Å². The minimum atomic E-state index is 0.549.